The van der Waals surface area contributed by atoms with Crippen LogP contribution in [0.1, 0.15) is 0 Å². The Hall–Kier alpha value is -6.68. The van der Waals surface area contributed by atoms with Crippen LogP contribution in [0.3, 0.4) is 0 Å². The summed E-state index contributed by atoms with van der Waals surface area (Å²) in [5, 5.41) is 5.05. The Morgan fingerprint density at radius 1 is 0.302 bits per heavy atom. The van der Waals surface area contributed by atoms with Crippen LogP contribution in [0.4, 0.5) is 0 Å². The van der Waals surface area contributed by atoms with Gasteiger partial charge in [-0.25, -0.2) is 9.97 Å². The van der Waals surface area contributed by atoms with Crippen molar-refractivity contribution in [3.63, 3.8) is 0 Å². The average Bonchev–Trinajstić information content (AvgIpc) is 3.62. The Morgan fingerprint density at radius 2 is 0.868 bits per heavy atom. The van der Waals surface area contributed by atoms with E-state index in [1.54, 1.807) is 0 Å². The van der Waals surface area contributed by atoms with Crippen molar-refractivity contribution in [2.24, 2.45) is 0 Å². The number of benzene rings is 8. The molecule has 0 aliphatic heterocycles. The molecule has 0 bridgehead atoms. The number of fused-ring (bicyclic) bond motifs is 4. The second-order valence-electron chi connectivity index (χ2n) is 13.4. The third kappa shape index (κ3) is 5.87. The lowest BCUT2D eigenvalue weighted by atomic mass is 9.92. The molecule has 8 aromatic carbocycles. The van der Waals surface area contributed by atoms with Gasteiger partial charge in [0, 0.05) is 36.9 Å². The summed E-state index contributed by atoms with van der Waals surface area (Å²) in [4.78, 5) is 10.4. The third-order valence-electron chi connectivity index (χ3n) is 10.1. The molecule has 0 unspecified atom stereocenters. The van der Waals surface area contributed by atoms with E-state index < -0.39 is 0 Å². The fourth-order valence-electron chi connectivity index (χ4n) is 7.40. The topological polar surface area (TPSA) is 25.8 Å². The van der Waals surface area contributed by atoms with E-state index in [4.69, 9.17) is 9.97 Å². The zero-order chi connectivity index (χ0) is 35.1. The van der Waals surface area contributed by atoms with Gasteiger partial charge in [0.05, 0.1) is 11.4 Å². The summed E-state index contributed by atoms with van der Waals surface area (Å²) in [5.74, 6) is 0.703. The summed E-state index contributed by atoms with van der Waals surface area (Å²) >= 11 is 1.85. The van der Waals surface area contributed by atoms with Crippen LogP contribution in [-0.4, -0.2) is 9.97 Å². The van der Waals surface area contributed by atoms with Crippen molar-refractivity contribution >= 4 is 42.3 Å². The minimum absolute atomic E-state index is 0.703. The molecule has 0 aliphatic carbocycles. The maximum Gasteiger partial charge on any atom is 0.160 e. The predicted octanol–water partition coefficient (Wildman–Crippen LogP) is 14.0. The Balaban J connectivity index is 1.18. The van der Waals surface area contributed by atoms with Gasteiger partial charge in [0.2, 0.25) is 0 Å². The smallest absolute Gasteiger partial charge is 0.160 e. The van der Waals surface area contributed by atoms with Gasteiger partial charge in [-0.3, -0.25) is 0 Å². The second-order valence-corrected chi connectivity index (χ2v) is 14.5. The molecule has 2 heterocycles. The van der Waals surface area contributed by atoms with Gasteiger partial charge in [-0.05, 0) is 80.6 Å². The number of nitrogens with zero attached hydrogens (tertiary/aromatic N) is 2. The summed E-state index contributed by atoms with van der Waals surface area (Å²) in [7, 11) is 0. The molecule has 10 rings (SSSR count). The molecule has 0 aliphatic rings. The standard InChI is InChI=1S/C50H32N2S/c1-3-12-33(13-4-1)34-22-24-36(25-23-34)46-32-47(52-50(51-46)37-15-5-2-6-16-37)41-29-39(28-40(30-41)43-20-11-17-35-14-7-8-18-42(35)43)38-26-27-45-44-19-9-10-21-48(44)53-49(45)31-38/h1-32H. The van der Waals surface area contributed by atoms with Crippen molar-refractivity contribution in [3.8, 4) is 67.3 Å². The monoisotopic (exact) mass is 692 g/mol. The van der Waals surface area contributed by atoms with E-state index in [1.807, 2.05) is 29.5 Å². The van der Waals surface area contributed by atoms with Gasteiger partial charge >= 0.3 is 0 Å². The highest BCUT2D eigenvalue weighted by molar-refractivity contribution is 7.25. The summed E-state index contributed by atoms with van der Waals surface area (Å²) < 4.78 is 2.60. The SMILES string of the molecule is c1ccc(-c2ccc(-c3cc(-c4cc(-c5ccc6c(c5)sc5ccccc56)cc(-c5cccc6ccccc56)c4)nc(-c4ccccc4)n3)cc2)cc1. The number of rotatable bonds is 6. The fraction of sp³-hybridized carbons (Fsp3) is 0. The fourth-order valence-corrected chi connectivity index (χ4v) is 8.55. The molecule has 0 N–H and O–H groups in total. The Morgan fingerprint density at radius 3 is 1.68 bits per heavy atom. The van der Waals surface area contributed by atoms with Gasteiger partial charge in [-0.1, -0.05) is 158 Å². The normalized spacial score (nSPS) is 11.4. The summed E-state index contributed by atoms with van der Waals surface area (Å²) in [6.07, 6.45) is 0. The first-order valence-corrected chi connectivity index (χ1v) is 18.7. The molecule has 0 fully saturated rings. The minimum Gasteiger partial charge on any atom is -0.228 e. The lowest BCUT2D eigenvalue weighted by molar-refractivity contribution is 1.18. The van der Waals surface area contributed by atoms with Gasteiger partial charge in [-0.15, -0.1) is 11.3 Å². The quantitative estimate of drug-likeness (QED) is 0.173. The maximum atomic E-state index is 5.27. The van der Waals surface area contributed by atoms with Crippen molar-refractivity contribution in [1.29, 1.82) is 0 Å². The zero-order valence-corrected chi connectivity index (χ0v) is 29.6. The van der Waals surface area contributed by atoms with E-state index >= 15 is 0 Å². The molecule has 53 heavy (non-hydrogen) atoms. The van der Waals surface area contributed by atoms with Gasteiger partial charge in [0.15, 0.2) is 5.82 Å². The van der Waals surface area contributed by atoms with Gasteiger partial charge in [0.25, 0.3) is 0 Å². The number of hydrogen-bond donors (Lipinski definition) is 0. The van der Waals surface area contributed by atoms with Crippen LogP contribution >= 0.6 is 11.3 Å². The molecule has 0 spiro atoms. The van der Waals surface area contributed by atoms with E-state index in [0.717, 1.165) is 39.2 Å². The molecule has 248 valence electrons. The largest absolute Gasteiger partial charge is 0.228 e. The molecule has 0 radical (unpaired) electrons. The summed E-state index contributed by atoms with van der Waals surface area (Å²) in [6, 6.07) is 69.3. The second kappa shape index (κ2) is 13.1. The van der Waals surface area contributed by atoms with E-state index in [0.29, 0.717) is 5.82 Å². The first-order valence-electron chi connectivity index (χ1n) is 17.9. The van der Waals surface area contributed by atoms with Crippen molar-refractivity contribution in [3.05, 3.63) is 194 Å². The highest BCUT2D eigenvalue weighted by Gasteiger charge is 2.16. The van der Waals surface area contributed by atoms with E-state index in [9.17, 15) is 0 Å². The summed E-state index contributed by atoms with van der Waals surface area (Å²) in [5.41, 5.74) is 11.9. The molecule has 3 heteroatoms. The Kier molecular flexibility index (Phi) is 7.71. The van der Waals surface area contributed by atoms with Crippen LogP contribution in [-0.2, 0) is 0 Å². The van der Waals surface area contributed by atoms with Crippen LogP contribution in [0.15, 0.2) is 194 Å². The number of thiophene rings is 1. The van der Waals surface area contributed by atoms with Crippen molar-refractivity contribution in [2.45, 2.75) is 0 Å². The molecule has 2 nitrogen and oxygen atoms in total. The maximum absolute atomic E-state index is 5.27. The molecular formula is C50H32N2S. The first-order chi connectivity index (χ1) is 26.2. The van der Waals surface area contributed by atoms with Crippen LogP contribution in [0.2, 0.25) is 0 Å². The molecule has 0 atom stereocenters. The molecule has 10 aromatic rings. The molecule has 2 aromatic heterocycles. The van der Waals surface area contributed by atoms with Crippen molar-refractivity contribution in [1.82, 2.24) is 9.97 Å². The lowest BCUT2D eigenvalue weighted by Crippen LogP contribution is -1.96. The minimum atomic E-state index is 0.703. The lowest BCUT2D eigenvalue weighted by Gasteiger charge is -2.14. The van der Waals surface area contributed by atoms with Gasteiger partial charge in [0.1, 0.15) is 0 Å². The Labute approximate surface area is 312 Å². The highest BCUT2D eigenvalue weighted by atomic mass is 32.1. The van der Waals surface area contributed by atoms with Crippen LogP contribution in [0, 0.1) is 0 Å². The number of hydrogen-bond acceptors (Lipinski definition) is 3. The molecule has 0 amide bonds. The molecule has 0 saturated heterocycles. The highest BCUT2D eigenvalue weighted by Crippen LogP contribution is 2.40. The van der Waals surface area contributed by atoms with Crippen molar-refractivity contribution < 1.29 is 0 Å². The third-order valence-corrected chi connectivity index (χ3v) is 11.2. The van der Waals surface area contributed by atoms with Crippen LogP contribution < -0.4 is 0 Å². The van der Waals surface area contributed by atoms with Gasteiger partial charge in [-0.2, -0.15) is 0 Å². The van der Waals surface area contributed by atoms with Gasteiger partial charge < -0.3 is 0 Å². The van der Waals surface area contributed by atoms with E-state index in [2.05, 4.69) is 176 Å². The molecule has 0 saturated carbocycles. The summed E-state index contributed by atoms with van der Waals surface area (Å²) in [6.45, 7) is 0. The number of aromatic nitrogens is 2. The van der Waals surface area contributed by atoms with Crippen molar-refractivity contribution in [2.75, 3.05) is 0 Å². The molecular weight excluding hydrogens is 661 g/mol. The van der Waals surface area contributed by atoms with E-state index in [-0.39, 0.29) is 0 Å². The van der Waals surface area contributed by atoms with E-state index in [1.165, 1.54) is 53.2 Å². The average molecular weight is 693 g/mol. The van der Waals surface area contributed by atoms with Crippen LogP contribution in [0.25, 0.3) is 98.2 Å². The zero-order valence-electron chi connectivity index (χ0n) is 28.8. The Bertz CT molecular complexity index is 2920. The predicted molar refractivity (Wildman–Crippen MR) is 225 cm³/mol. The van der Waals surface area contributed by atoms with Crippen LogP contribution in [0.5, 0.6) is 0 Å². The first kappa shape index (κ1) is 31.1.